The van der Waals surface area contributed by atoms with Crippen LogP contribution in [-0.2, 0) is 26.2 Å². The molecule has 0 bridgehead atoms. The zero-order chi connectivity index (χ0) is 24.7. The van der Waals surface area contributed by atoms with E-state index in [1.54, 1.807) is 43.3 Å². The fraction of sp³-hybridized carbons (Fsp3) is 0.269. The molecule has 1 aliphatic heterocycles. The summed E-state index contributed by atoms with van der Waals surface area (Å²) in [4.78, 5) is 12.7. The van der Waals surface area contributed by atoms with Gasteiger partial charge in [-0.05, 0) is 61.0 Å². The Labute approximate surface area is 205 Å². The van der Waals surface area contributed by atoms with Crippen LogP contribution < -0.4 is 14.8 Å². The van der Waals surface area contributed by atoms with Crippen molar-refractivity contribution >= 4 is 21.6 Å². The lowest BCUT2D eigenvalue weighted by molar-refractivity contribution is -0.122. The molecule has 3 aromatic rings. The lowest BCUT2D eigenvalue weighted by atomic mass is 10.2. The summed E-state index contributed by atoms with van der Waals surface area (Å²) in [5.41, 5.74) is 1.69. The largest absolute Gasteiger partial charge is 0.489 e. The maximum absolute atomic E-state index is 12.7. The van der Waals surface area contributed by atoms with Gasteiger partial charge < -0.3 is 19.5 Å². The summed E-state index contributed by atoms with van der Waals surface area (Å²) < 4.78 is 43.5. The molecule has 1 atom stereocenters. The molecule has 1 fully saturated rings. The molecule has 1 N–H and O–H groups in total. The number of carbonyl (C=O) groups excluding carboxylic acids is 1. The molecule has 4 rings (SSSR count). The van der Waals surface area contributed by atoms with Gasteiger partial charge in [0.05, 0.1) is 18.1 Å². The van der Waals surface area contributed by atoms with E-state index in [-0.39, 0.29) is 10.8 Å². The molecule has 1 heterocycles. The maximum atomic E-state index is 12.7. The monoisotopic (exact) mass is 496 g/mol. The first-order valence-electron chi connectivity index (χ1n) is 11.3. The highest BCUT2D eigenvalue weighted by molar-refractivity contribution is 7.89. The number of rotatable bonds is 9. The van der Waals surface area contributed by atoms with Crippen LogP contribution >= 0.6 is 0 Å². The minimum absolute atomic E-state index is 0.179. The van der Waals surface area contributed by atoms with Crippen LogP contribution in [0.3, 0.4) is 0 Å². The van der Waals surface area contributed by atoms with Crippen LogP contribution in [0.15, 0.2) is 83.8 Å². The molecule has 0 aliphatic carbocycles. The van der Waals surface area contributed by atoms with Gasteiger partial charge in [0.1, 0.15) is 18.1 Å². The van der Waals surface area contributed by atoms with E-state index >= 15 is 0 Å². The van der Waals surface area contributed by atoms with Crippen molar-refractivity contribution in [3.8, 4) is 11.5 Å². The van der Waals surface area contributed by atoms with Crippen LogP contribution in [-0.4, -0.2) is 51.0 Å². The topological polar surface area (TPSA) is 94.2 Å². The first-order valence-corrected chi connectivity index (χ1v) is 12.8. The van der Waals surface area contributed by atoms with E-state index in [1.165, 1.54) is 16.4 Å². The van der Waals surface area contributed by atoms with Gasteiger partial charge in [-0.2, -0.15) is 4.31 Å². The quantitative estimate of drug-likeness (QED) is 0.486. The molecule has 0 unspecified atom stereocenters. The van der Waals surface area contributed by atoms with Crippen molar-refractivity contribution in [2.24, 2.45) is 0 Å². The molecule has 184 valence electrons. The first-order chi connectivity index (χ1) is 16.9. The zero-order valence-corrected chi connectivity index (χ0v) is 20.2. The van der Waals surface area contributed by atoms with Gasteiger partial charge in [-0.15, -0.1) is 0 Å². The van der Waals surface area contributed by atoms with Crippen molar-refractivity contribution in [3.05, 3.63) is 84.4 Å². The van der Waals surface area contributed by atoms with Crippen molar-refractivity contribution in [2.75, 3.05) is 31.6 Å². The van der Waals surface area contributed by atoms with Gasteiger partial charge in [0, 0.05) is 18.8 Å². The standard InChI is InChI=1S/C26H28N2O6S/c1-20(34-24-11-13-25(14-12-24)35(30,31)28-15-17-32-18-16-28)26(29)27-22-7-9-23(10-8-22)33-19-21-5-3-2-4-6-21/h2-14,20H,15-19H2,1H3,(H,27,29)/t20-/m1/s1. The lowest BCUT2D eigenvalue weighted by Gasteiger charge is -2.26. The molecule has 3 aromatic carbocycles. The molecule has 9 heteroatoms. The van der Waals surface area contributed by atoms with Crippen LogP contribution in [0.1, 0.15) is 12.5 Å². The normalized spacial score (nSPS) is 15.2. The number of amides is 1. The Bertz CT molecular complexity index is 1210. The highest BCUT2D eigenvalue weighted by Gasteiger charge is 2.26. The number of ether oxygens (including phenoxy) is 3. The van der Waals surface area contributed by atoms with Crippen LogP contribution in [0.4, 0.5) is 5.69 Å². The van der Waals surface area contributed by atoms with E-state index in [1.807, 2.05) is 30.3 Å². The van der Waals surface area contributed by atoms with E-state index in [2.05, 4.69) is 5.32 Å². The molecule has 0 radical (unpaired) electrons. The van der Waals surface area contributed by atoms with E-state index in [4.69, 9.17) is 14.2 Å². The number of anilines is 1. The number of benzene rings is 3. The maximum Gasteiger partial charge on any atom is 0.265 e. The number of morpholine rings is 1. The Balaban J connectivity index is 1.28. The van der Waals surface area contributed by atoms with E-state index in [9.17, 15) is 13.2 Å². The molecule has 0 aromatic heterocycles. The number of hydrogen-bond acceptors (Lipinski definition) is 6. The second-order valence-electron chi connectivity index (χ2n) is 8.04. The van der Waals surface area contributed by atoms with Gasteiger partial charge in [-0.25, -0.2) is 8.42 Å². The van der Waals surface area contributed by atoms with Crippen molar-refractivity contribution in [2.45, 2.75) is 24.5 Å². The molecule has 1 saturated heterocycles. The predicted octanol–water partition coefficient (Wildman–Crippen LogP) is 3.69. The second kappa shape index (κ2) is 11.4. The highest BCUT2D eigenvalue weighted by Crippen LogP contribution is 2.22. The molecule has 0 spiro atoms. The zero-order valence-electron chi connectivity index (χ0n) is 19.4. The van der Waals surface area contributed by atoms with Crippen LogP contribution in [0.5, 0.6) is 11.5 Å². The van der Waals surface area contributed by atoms with Crippen molar-refractivity contribution in [1.29, 1.82) is 0 Å². The highest BCUT2D eigenvalue weighted by atomic mass is 32.2. The predicted molar refractivity (Wildman–Crippen MR) is 132 cm³/mol. The number of hydrogen-bond donors (Lipinski definition) is 1. The second-order valence-corrected chi connectivity index (χ2v) is 9.97. The van der Waals surface area contributed by atoms with Gasteiger partial charge >= 0.3 is 0 Å². The summed E-state index contributed by atoms with van der Waals surface area (Å²) in [5.74, 6) is 0.773. The first kappa shape index (κ1) is 24.7. The van der Waals surface area contributed by atoms with E-state index in [0.29, 0.717) is 50.1 Å². The SMILES string of the molecule is C[C@@H](Oc1ccc(S(=O)(=O)N2CCOCC2)cc1)C(=O)Nc1ccc(OCc2ccccc2)cc1. The molecule has 1 amide bonds. The van der Waals surface area contributed by atoms with Gasteiger partial charge in [-0.1, -0.05) is 30.3 Å². The third kappa shape index (κ3) is 6.60. The summed E-state index contributed by atoms with van der Waals surface area (Å²) in [6, 6.07) is 23.0. The van der Waals surface area contributed by atoms with Gasteiger partial charge in [0.2, 0.25) is 10.0 Å². The number of sulfonamides is 1. The lowest BCUT2D eigenvalue weighted by Crippen LogP contribution is -2.40. The molecular formula is C26H28N2O6S. The van der Waals surface area contributed by atoms with Gasteiger partial charge in [-0.3, -0.25) is 4.79 Å². The molecule has 0 saturated carbocycles. The number of carbonyl (C=O) groups is 1. The Hall–Kier alpha value is -3.40. The Morgan fingerprint density at radius 1 is 0.943 bits per heavy atom. The summed E-state index contributed by atoms with van der Waals surface area (Å²) in [5, 5.41) is 2.81. The smallest absolute Gasteiger partial charge is 0.265 e. The molecule has 8 nitrogen and oxygen atoms in total. The summed E-state index contributed by atoms with van der Waals surface area (Å²) in [7, 11) is -3.58. The van der Waals surface area contributed by atoms with E-state index < -0.39 is 16.1 Å². The third-order valence-electron chi connectivity index (χ3n) is 5.48. The van der Waals surface area contributed by atoms with Crippen molar-refractivity contribution < 1.29 is 27.4 Å². The fourth-order valence-electron chi connectivity index (χ4n) is 3.50. The Kier molecular flexibility index (Phi) is 8.02. The molecule has 35 heavy (non-hydrogen) atoms. The van der Waals surface area contributed by atoms with Crippen LogP contribution in [0.25, 0.3) is 0 Å². The van der Waals surface area contributed by atoms with Crippen molar-refractivity contribution in [1.82, 2.24) is 4.31 Å². The molecular weight excluding hydrogens is 468 g/mol. The fourth-order valence-corrected chi connectivity index (χ4v) is 4.91. The minimum atomic E-state index is -3.58. The van der Waals surface area contributed by atoms with E-state index in [0.717, 1.165) is 5.56 Å². The summed E-state index contributed by atoms with van der Waals surface area (Å²) in [6.45, 7) is 3.53. The minimum Gasteiger partial charge on any atom is -0.489 e. The van der Waals surface area contributed by atoms with Crippen LogP contribution in [0.2, 0.25) is 0 Å². The number of nitrogens with one attached hydrogen (secondary N) is 1. The van der Waals surface area contributed by atoms with Crippen LogP contribution in [0, 0.1) is 0 Å². The average Bonchev–Trinajstić information content (AvgIpc) is 2.89. The summed E-state index contributed by atoms with van der Waals surface area (Å²) in [6.07, 6.45) is -0.786. The Morgan fingerprint density at radius 3 is 2.23 bits per heavy atom. The third-order valence-corrected chi connectivity index (χ3v) is 7.40. The summed E-state index contributed by atoms with van der Waals surface area (Å²) >= 11 is 0. The van der Waals surface area contributed by atoms with Gasteiger partial charge in [0.15, 0.2) is 6.10 Å². The average molecular weight is 497 g/mol. The van der Waals surface area contributed by atoms with Gasteiger partial charge in [0.25, 0.3) is 5.91 Å². The molecule has 1 aliphatic rings. The number of nitrogens with zero attached hydrogens (tertiary/aromatic N) is 1. The van der Waals surface area contributed by atoms with Crippen molar-refractivity contribution in [3.63, 3.8) is 0 Å². The Morgan fingerprint density at radius 2 is 1.57 bits per heavy atom.